The van der Waals surface area contributed by atoms with Crippen molar-refractivity contribution in [2.45, 2.75) is 32.4 Å². The third-order valence-electron chi connectivity index (χ3n) is 5.32. The third kappa shape index (κ3) is 7.24. The van der Waals surface area contributed by atoms with Crippen LogP contribution < -0.4 is 20.1 Å². The first kappa shape index (κ1) is 25.2. The lowest BCUT2D eigenvalue weighted by Crippen LogP contribution is -2.42. The Balaban J connectivity index is 0.00000341. The summed E-state index contributed by atoms with van der Waals surface area (Å²) in [6, 6.07) is 12.5. The van der Waals surface area contributed by atoms with E-state index in [1.807, 2.05) is 25.1 Å². The summed E-state index contributed by atoms with van der Waals surface area (Å²) in [6.07, 6.45) is 4.24. The molecule has 8 heteroatoms. The second-order valence-corrected chi connectivity index (χ2v) is 7.24. The van der Waals surface area contributed by atoms with Gasteiger partial charge in [0, 0.05) is 31.9 Å². The first-order chi connectivity index (χ1) is 14.7. The van der Waals surface area contributed by atoms with Gasteiger partial charge in [0.15, 0.2) is 5.96 Å². The number of guanidine groups is 1. The topological polar surface area (TPSA) is 71.0 Å². The monoisotopic (exact) mass is 539 g/mol. The SMILES string of the molecule is CCOc1ncccc1CNC(=NC)NCC(c1cccc(OC)c1)N1CCCC1.I. The molecule has 1 aromatic heterocycles. The summed E-state index contributed by atoms with van der Waals surface area (Å²) in [6.45, 7) is 6.14. The summed E-state index contributed by atoms with van der Waals surface area (Å²) < 4.78 is 11.1. The van der Waals surface area contributed by atoms with Gasteiger partial charge >= 0.3 is 0 Å². The summed E-state index contributed by atoms with van der Waals surface area (Å²) in [7, 11) is 3.50. The summed E-state index contributed by atoms with van der Waals surface area (Å²) in [5.41, 5.74) is 2.26. The van der Waals surface area contributed by atoms with E-state index in [4.69, 9.17) is 9.47 Å². The fraction of sp³-hybridized carbons (Fsp3) is 0.478. The van der Waals surface area contributed by atoms with E-state index in [1.165, 1.54) is 18.4 Å². The molecular weight excluding hydrogens is 505 g/mol. The number of nitrogens with zero attached hydrogens (tertiary/aromatic N) is 3. The summed E-state index contributed by atoms with van der Waals surface area (Å²) in [5.74, 6) is 2.31. The quantitative estimate of drug-likeness (QED) is 0.288. The average Bonchev–Trinajstić information content (AvgIpc) is 3.32. The molecule has 0 aliphatic carbocycles. The van der Waals surface area contributed by atoms with Gasteiger partial charge in [0.25, 0.3) is 0 Å². The molecule has 1 unspecified atom stereocenters. The predicted octanol–water partition coefficient (Wildman–Crippen LogP) is 3.61. The molecule has 7 nitrogen and oxygen atoms in total. The van der Waals surface area contributed by atoms with Crippen LogP contribution >= 0.6 is 24.0 Å². The number of halogens is 1. The van der Waals surface area contributed by atoms with Crippen LogP contribution in [-0.4, -0.2) is 56.2 Å². The van der Waals surface area contributed by atoms with Crippen molar-refractivity contribution in [1.82, 2.24) is 20.5 Å². The minimum atomic E-state index is 0. The lowest BCUT2D eigenvalue weighted by Gasteiger charge is -2.29. The maximum absolute atomic E-state index is 5.62. The number of hydrogen-bond donors (Lipinski definition) is 2. The first-order valence-corrected chi connectivity index (χ1v) is 10.6. The molecule has 1 atom stereocenters. The molecule has 1 fully saturated rings. The number of aliphatic imine (C=N–C) groups is 1. The van der Waals surface area contributed by atoms with E-state index < -0.39 is 0 Å². The zero-order valence-corrected chi connectivity index (χ0v) is 21.0. The van der Waals surface area contributed by atoms with E-state index in [0.29, 0.717) is 19.0 Å². The van der Waals surface area contributed by atoms with Gasteiger partial charge in [0.2, 0.25) is 5.88 Å². The number of nitrogens with one attached hydrogen (secondary N) is 2. The molecule has 0 spiro atoms. The Morgan fingerprint density at radius 2 is 2.00 bits per heavy atom. The minimum absolute atomic E-state index is 0. The van der Waals surface area contributed by atoms with E-state index in [9.17, 15) is 0 Å². The maximum Gasteiger partial charge on any atom is 0.218 e. The first-order valence-electron chi connectivity index (χ1n) is 10.6. The molecule has 170 valence electrons. The standard InChI is InChI=1S/C23H33N5O2.HI/c1-4-30-22-19(10-8-12-25-22)16-26-23(24-2)27-17-21(28-13-5-6-14-28)18-9-7-11-20(15-18)29-3;/h7-12,15,21H,4-6,13-14,16-17H2,1-3H3,(H2,24,26,27);1H. The Labute approximate surface area is 202 Å². The van der Waals surface area contributed by atoms with Gasteiger partial charge in [-0.05, 0) is 56.6 Å². The van der Waals surface area contributed by atoms with Gasteiger partial charge in [-0.25, -0.2) is 4.98 Å². The fourth-order valence-corrected chi connectivity index (χ4v) is 3.78. The second kappa shape index (κ2) is 13.4. The number of ether oxygens (including phenoxy) is 2. The van der Waals surface area contributed by atoms with Crippen LogP contribution in [0, 0.1) is 0 Å². The van der Waals surface area contributed by atoms with Crippen LogP contribution in [0.4, 0.5) is 0 Å². The summed E-state index contributed by atoms with van der Waals surface area (Å²) in [5, 5.41) is 6.88. The molecule has 1 aromatic carbocycles. The second-order valence-electron chi connectivity index (χ2n) is 7.24. The zero-order chi connectivity index (χ0) is 21.2. The Morgan fingerprint density at radius 1 is 1.19 bits per heavy atom. The number of rotatable bonds is 9. The van der Waals surface area contributed by atoms with Crippen molar-refractivity contribution in [2.75, 3.05) is 40.4 Å². The van der Waals surface area contributed by atoms with Gasteiger partial charge in [-0.1, -0.05) is 18.2 Å². The van der Waals surface area contributed by atoms with E-state index in [1.54, 1.807) is 20.4 Å². The van der Waals surface area contributed by atoms with Crippen molar-refractivity contribution in [2.24, 2.45) is 4.99 Å². The molecular formula is C23H34IN5O2. The molecule has 0 amide bonds. The Bertz CT molecular complexity index is 827. The number of likely N-dealkylation sites (tertiary alicyclic amines) is 1. The molecule has 0 bridgehead atoms. The van der Waals surface area contributed by atoms with Crippen molar-refractivity contribution >= 4 is 29.9 Å². The van der Waals surface area contributed by atoms with Crippen molar-refractivity contribution < 1.29 is 9.47 Å². The smallest absolute Gasteiger partial charge is 0.218 e. The van der Waals surface area contributed by atoms with Crippen molar-refractivity contribution in [3.05, 3.63) is 53.7 Å². The minimum Gasteiger partial charge on any atom is -0.497 e. The Hall–Kier alpha value is -2.07. The highest BCUT2D eigenvalue weighted by Crippen LogP contribution is 2.27. The molecule has 2 N–H and O–H groups in total. The normalized spacial score (nSPS) is 15.1. The average molecular weight is 539 g/mol. The molecule has 0 saturated carbocycles. The zero-order valence-electron chi connectivity index (χ0n) is 18.6. The van der Waals surface area contributed by atoms with Gasteiger partial charge in [-0.3, -0.25) is 9.89 Å². The lowest BCUT2D eigenvalue weighted by atomic mass is 10.1. The van der Waals surface area contributed by atoms with Crippen molar-refractivity contribution in [3.8, 4) is 11.6 Å². The maximum atomic E-state index is 5.62. The van der Waals surface area contributed by atoms with Crippen molar-refractivity contribution in [1.29, 1.82) is 0 Å². The van der Waals surface area contributed by atoms with Gasteiger partial charge in [-0.2, -0.15) is 0 Å². The number of hydrogen-bond acceptors (Lipinski definition) is 5. The van der Waals surface area contributed by atoms with Crippen molar-refractivity contribution in [3.63, 3.8) is 0 Å². The summed E-state index contributed by atoms with van der Waals surface area (Å²) >= 11 is 0. The predicted molar refractivity (Wildman–Crippen MR) is 136 cm³/mol. The third-order valence-corrected chi connectivity index (χ3v) is 5.32. The number of methoxy groups -OCH3 is 1. The highest BCUT2D eigenvalue weighted by molar-refractivity contribution is 14.0. The molecule has 0 radical (unpaired) electrons. The van der Waals surface area contributed by atoms with E-state index >= 15 is 0 Å². The molecule has 2 heterocycles. The number of benzene rings is 1. The lowest BCUT2D eigenvalue weighted by molar-refractivity contribution is 0.245. The molecule has 1 aliphatic rings. The highest BCUT2D eigenvalue weighted by Gasteiger charge is 2.24. The number of pyridine rings is 1. The molecule has 1 aliphatic heterocycles. The highest BCUT2D eigenvalue weighted by atomic mass is 127. The largest absolute Gasteiger partial charge is 0.497 e. The summed E-state index contributed by atoms with van der Waals surface area (Å²) in [4.78, 5) is 11.2. The van der Waals surface area contributed by atoms with Crippen LogP contribution in [-0.2, 0) is 6.54 Å². The molecule has 2 aromatic rings. The Kier molecular flexibility index (Phi) is 10.9. The van der Waals surface area contributed by atoms with Crippen LogP contribution in [0.3, 0.4) is 0 Å². The van der Waals surface area contributed by atoms with Crippen LogP contribution in [0.1, 0.15) is 36.9 Å². The van der Waals surface area contributed by atoms with E-state index in [2.05, 4.69) is 43.7 Å². The van der Waals surface area contributed by atoms with Crippen LogP contribution in [0.2, 0.25) is 0 Å². The van der Waals surface area contributed by atoms with Crippen LogP contribution in [0.15, 0.2) is 47.6 Å². The van der Waals surface area contributed by atoms with Gasteiger partial charge in [-0.15, -0.1) is 24.0 Å². The van der Waals surface area contributed by atoms with Crippen LogP contribution in [0.25, 0.3) is 0 Å². The molecule has 31 heavy (non-hydrogen) atoms. The van der Waals surface area contributed by atoms with E-state index in [-0.39, 0.29) is 30.0 Å². The van der Waals surface area contributed by atoms with Gasteiger partial charge in [0.1, 0.15) is 5.75 Å². The van der Waals surface area contributed by atoms with Gasteiger partial charge < -0.3 is 20.1 Å². The number of aromatic nitrogens is 1. The van der Waals surface area contributed by atoms with E-state index in [0.717, 1.165) is 36.9 Å². The van der Waals surface area contributed by atoms with Crippen LogP contribution in [0.5, 0.6) is 11.6 Å². The molecule has 3 rings (SSSR count). The van der Waals surface area contributed by atoms with Gasteiger partial charge in [0.05, 0.1) is 19.8 Å². The fourth-order valence-electron chi connectivity index (χ4n) is 3.78. The Morgan fingerprint density at radius 3 is 2.71 bits per heavy atom. The molecule has 1 saturated heterocycles.